The second kappa shape index (κ2) is 6.13. The number of hydrogen-bond acceptors (Lipinski definition) is 2. The van der Waals surface area contributed by atoms with Crippen molar-refractivity contribution < 1.29 is 0 Å². The van der Waals surface area contributed by atoms with Crippen LogP contribution in [0.5, 0.6) is 0 Å². The Balaban J connectivity index is 0.000000169. The van der Waals surface area contributed by atoms with Crippen LogP contribution in [0.2, 0.25) is 0 Å². The lowest BCUT2D eigenvalue weighted by Crippen LogP contribution is -1.90. The fraction of sp³-hybridized carbons (Fsp3) is 0. The summed E-state index contributed by atoms with van der Waals surface area (Å²) in [5.74, 6) is 0. The minimum absolute atomic E-state index is 0.676. The Bertz CT molecular complexity index is 673. The van der Waals surface area contributed by atoms with Crippen LogP contribution in [0.4, 0.5) is 0 Å². The number of hydrogen-bond donors (Lipinski definition) is 3. The fourth-order valence-corrected chi connectivity index (χ4v) is 1.76. The summed E-state index contributed by atoms with van der Waals surface area (Å²) in [5, 5.41) is 0. The Morgan fingerprint density at radius 1 is 0.833 bits per heavy atom. The van der Waals surface area contributed by atoms with E-state index in [2.05, 4.69) is 27.2 Å². The third kappa shape index (κ3) is 3.28. The highest BCUT2D eigenvalue weighted by Gasteiger charge is 1.93. The van der Waals surface area contributed by atoms with Crippen LogP contribution < -0.4 is 0 Å². The van der Waals surface area contributed by atoms with Crippen molar-refractivity contribution in [3.63, 3.8) is 0 Å². The first kappa shape index (κ1) is 12.5. The first-order valence-corrected chi connectivity index (χ1v) is 6.12. The Morgan fingerprint density at radius 3 is 1.94 bits per heavy atom. The van der Waals surface area contributed by atoms with Gasteiger partial charge in [-0.15, -0.1) is 0 Å². The van der Waals surface area contributed by atoms with Gasteiger partial charge in [0.1, 0.15) is 0 Å². The zero-order chi connectivity index (χ0) is 12.8. The number of aromatic nitrogens is 4. The van der Waals surface area contributed by atoms with E-state index in [1.165, 1.54) is 0 Å². The lowest BCUT2D eigenvalue weighted by molar-refractivity contribution is 1.03. The maximum Gasteiger partial charge on any atom is 0.181 e. The molecule has 0 atom stereocenters. The molecule has 0 unspecified atom stereocenters. The molecule has 1 aromatic carbocycles. The van der Waals surface area contributed by atoms with E-state index in [1.54, 1.807) is 12.4 Å². The molecule has 0 saturated heterocycles. The summed E-state index contributed by atoms with van der Waals surface area (Å²) in [7, 11) is 0. The average Bonchev–Trinajstić information content (AvgIpc) is 3.02. The zero-order valence-electron chi connectivity index (χ0n) is 9.46. The van der Waals surface area contributed by atoms with Gasteiger partial charge in [-0.25, -0.2) is 0 Å². The number of H-pyrrole nitrogens is 3. The molecule has 0 saturated carbocycles. The van der Waals surface area contributed by atoms with E-state index in [0.29, 0.717) is 4.77 Å². The van der Waals surface area contributed by atoms with Crippen LogP contribution in [0.25, 0.3) is 5.69 Å². The van der Waals surface area contributed by atoms with Crippen molar-refractivity contribution in [2.75, 3.05) is 0 Å². The van der Waals surface area contributed by atoms with Crippen LogP contribution >= 0.6 is 24.4 Å². The number of imidazole rings is 2. The van der Waals surface area contributed by atoms with Crippen molar-refractivity contribution in [1.29, 1.82) is 0 Å². The number of aromatic amines is 3. The Morgan fingerprint density at radius 2 is 1.50 bits per heavy atom. The normalized spacial score (nSPS) is 9.56. The summed E-state index contributed by atoms with van der Waals surface area (Å²) >= 11 is 9.71. The molecule has 0 amide bonds. The average molecular weight is 276 g/mol. The second-order valence-corrected chi connectivity index (χ2v) is 4.22. The summed E-state index contributed by atoms with van der Waals surface area (Å²) in [4.78, 5) is 8.46. The number of rotatable bonds is 1. The van der Waals surface area contributed by atoms with Gasteiger partial charge in [-0.3, -0.25) is 4.57 Å². The molecule has 0 aliphatic carbocycles. The topological polar surface area (TPSA) is 52.3 Å². The molecule has 3 N–H and O–H groups in total. The standard InChI is InChI=1S/C9H8N2S.C3H4N2S/c12-9-10-6-7-11(9)8-4-2-1-3-5-8;6-3-4-1-2-5-3/h1-7H,(H,10,12);1-2H,(H2,4,5,6). The highest BCUT2D eigenvalue weighted by atomic mass is 32.1. The first-order chi connectivity index (χ1) is 8.77. The molecule has 0 aliphatic heterocycles. The Kier molecular flexibility index (Phi) is 4.27. The zero-order valence-corrected chi connectivity index (χ0v) is 11.1. The molecule has 3 aromatic rings. The maximum absolute atomic E-state index is 5.07. The van der Waals surface area contributed by atoms with Gasteiger partial charge >= 0.3 is 0 Å². The molecule has 0 bridgehead atoms. The van der Waals surface area contributed by atoms with Crippen molar-refractivity contribution in [3.8, 4) is 5.69 Å². The van der Waals surface area contributed by atoms with Gasteiger partial charge in [-0.05, 0) is 36.6 Å². The predicted molar refractivity (Wildman–Crippen MR) is 76.9 cm³/mol. The molecule has 0 fully saturated rings. The number of nitrogens with one attached hydrogen (secondary N) is 3. The Hall–Kier alpha value is -1.92. The van der Waals surface area contributed by atoms with Crippen LogP contribution in [0.3, 0.4) is 0 Å². The van der Waals surface area contributed by atoms with E-state index in [4.69, 9.17) is 12.2 Å². The van der Waals surface area contributed by atoms with Crippen molar-refractivity contribution in [3.05, 3.63) is 64.7 Å². The third-order valence-electron chi connectivity index (χ3n) is 2.20. The monoisotopic (exact) mass is 276 g/mol. The molecule has 0 aliphatic rings. The fourth-order valence-electron chi connectivity index (χ4n) is 1.39. The smallest absolute Gasteiger partial charge is 0.181 e. The van der Waals surface area contributed by atoms with Crippen LogP contribution in [0, 0.1) is 9.54 Å². The van der Waals surface area contributed by atoms with Crippen molar-refractivity contribution in [1.82, 2.24) is 19.5 Å². The van der Waals surface area contributed by atoms with Gasteiger partial charge in [0.15, 0.2) is 9.54 Å². The minimum atomic E-state index is 0.676. The molecule has 6 heteroatoms. The summed E-state index contributed by atoms with van der Waals surface area (Å²) in [6, 6.07) is 10.0. The van der Waals surface area contributed by atoms with Crippen LogP contribution in [-0.4, -0.2) is 19.5 Å². The van der Waals surface area contributed by atoms with E-state index in [1.807, 2.05) is 47.3 Å². The molecule has 2 heterocycles. The molecular formula is C12H12N4S2. The van der Waals surface area contributed by atoms with Gasteiger partial charge in [-0.1, -0.05) is 18.2 Å². The van der Waals surface area contributed by atoms with Crippen molar-refractivity contribution in [2.24, 2.45) is 0 Å². The molecule has 2 aromatic heterocycles. The van der Waals surface area contributed by atoms with E-state index in [0.717, 1.165) is 10.5 Å². The molecular weight excluding hydrogens is 264 g/mol. The highest BCUT2D eigenvalue weighted by molar-refractivity contribution is 7.71. The van der Waals surface area contributed by atoms with E-state index in [-0.39, 0.29) is 0 Å². The number of nitrogens with zero attached hydrogens (tertiary/aromatic N) is 1. The van der Waals surface area contributed by atoms with Crippen LogP contribution in [0.1, 0.15) is 0 Å². The van der Waals surface area contributed by atoms with Gasteiger partial charge in [0.25, 0.3) is 0 Å². The number of para-hydroxylation sites is 1. The molecule has 4 nitrogen and oxygen atoms in total. The largest absolute Gasteiger partial charge is 0.338 e. The van der Waals surface area contributed by atoms with E-state index < -0.39 is 0 Å². The van der Waals surface area contributed by atoms with Crippen molar-refractivity contribution >= 4 is 24.4 Å². The lowest BCUT2D eigenvalue weighted by atomic mass is 10.3. The van der Waals surface area contributed by atoms with E-state index in [9.17, 15) is 0 Å². The van der Waals surface area contributed by atoms with Gasteiger partial charge < -0.3 is 15.0 Å². The summed E-state index contributed by atoms with van der Waals surface area (Å²) in [5.41, 5.74) is 1.09. The second-order valence-electron chi connectivity index (χ2n) is 3.42. The maximum atomic E-state index is 5.07. The molecule has 92 valence electrons. The molecule has 0 radical (unpaired) electrons. The van der Waals surface area contributed by atoms with Crippen LogP contribution in [-0.2, 0) is 0 Å². The van der Waals surface area contributed by atoms with Gasteiger partial charge in [0, 0.05) is 30.5 Å². The summed E-state index contributed by atoms with van der Waals surface area (Å²) < 4.78 is 3.33. The quantitative estimate of drug-likeness (QED) is 0.595. The van der Waals surface area contributed by atoms with Crippen LogP contribution in [0.15, 0.2) is 55.1 Å². The third-order valence-corrected chi connectivity index (χ3v) is 2.75. The van der Waals surface area contributed by atoms with E-state index >= 15 is 0 Å². The summed E-state index contributed by atoms with van der Waals surface area (Å²) in [6.45, 7) is 0. The van der Waals surface area contributed by atoms with Gasteiger partial charge in [0.05, 0.1) is 0 Å². The predicted octanol–water partition coefficient (Wildman–Crippen LogP) is 3.61. The van der Waals surface area contributed by atoms with Gasteiger partial charge in [0.2, 0.25) is 0 Å². The number of benzene rings is 1. The lowest BCUT2D eigenvalue weighted by Gasteiger charge is -1.99. The minimum Gasteiger partial charge on any atom is -0.338 e. The van der Waals surface area contributed by atoms with Crippen molar-refractivity contribution in [2.45, 2.75) is 0 Å². The highest BCUT2D eigenvalue weighted by Crippen LogP contribution is 2.06. The Labute approximate surface area is 114 Å². The van der Waals surface area contributed by atoms with Gasteiger partial charge in [-0.2, -0.15) is 0 Å². The first-order valence-electron chi connectivity index (χ1n) is 5.31. The summed E-state index contributed by atoms with van der Waals surface area (Å²) in [6.07, 6.45) is 7.25. The molecule has 0 spiro atoms. The molecule has 18 heavy (non-hydrogen) atoms. The SMILES string of the molecule is S=c1[nH]cc[nH]1.S=c1[nH]ccn1-c1ccccc1. The molecule has 3 rings (SSSR count).